The van der Waals surface area contributed by atoms with E-state index in [2.05, 4.69) is 12.2 Å². The van der Waals surface area contributed by atoms with Gasteiger partial charge >= 0.3 is 0 Å². The smallest absolute Gasteiger partial charge is 0.243 e. The lowest BCUT2D eigenvalue weighted by atomic mass is 10.1. The van der Waals surface area contributed by atoms with E-state index in [0.717, 1.165) is 18.4 Å². The second-order valence-electron chi connectivity index (χ2n) is 5.35. The van der Waals surface area contributed by atoms with E-state index >= 15 is 0 Å². The Morgan fingerprint density at radius 3 is 2.71 bits per heavy atom. The molecule has 1 heterocycles. The maximum Gasteiger partial charge on any atom is 0.243 e. The molecule has 0 amide bonds. The van der Waals surface area contributed by atoms with Crippen molar-refractivity contribution in [3.05, 3.63) is 29.3 Å². The first kappa shape index (κ1) is 16.4. The summed E-state index contributed by atoms with van der Waals surface area (Å²) in [7, 11) is 0.0401. The molecule has 0 radical (unpaired) electrons. The fraction of sp³-hybridized carbons (Fsp3) is 0.600. The number of hydrogen-bond acceptors (Lipinski definition) is 4. The third-order valence-corrected chi connectivity index (χ3v) is 5.93. The van der Waals surface area contributed by atoms with Crippen molar-refractivity contribution < 1.29 is 13.2 Å². The summed E-state index contributed by atoms with van der Waals surface area (Å²) in [6.45, 7) is 3.85. The Morgan fingerprint density at radius 1 is 1.38 bits per heavy atom. The second-order valence-corrected chi connectivity index (χ2v) is 7.35. The van der Waals surface area contributed by atoms with Crippen molar-refractivity contribution in [3.63, 3.8) is 0 Å². The van der Waals surface area contributed by atoms with Crippen LogP contribution in [-0.2, 0) is 27.7 Å². The van der Waals surface area contributed by atoms with Crippen molar-refractivity contribution in [3.8, 4) is 0 Å². The van der Waals surface area contributed by atoms with Crippen LogP contribution in [-0.4, -0.2) is 46.1 Å². The number of hydrogen-bond donors (Lipinski definition) is 1. The number of aryl methyl sites for hydroxylation is 1. The van der Waals surface area contributed by atoms with Crippen molar-refractivity contribution in [2.75, 3.05) is 27.3 Å². The van der Waals surface area contributed by atoms with Gasteiger partial charge in [-0.15, -0.1) is 0 Å². The van der Waals surface area contributed by atoms with E-state index in [-0.39, 0.29) is 6.04 Å². The Balaban J connectivity index is 2.32. The molecular formula is C15H24N2O3S. The first-order chi connectivity index (χ1) is 10.0. The number of nitrogens with one attached hydrogen (secondary N) is 1. The van der Waals surface area contributed by atoms with Crippen LogP contribution in [0.2, 0.25) is 0 Å². The molecule has 21 heavy (non-hydrogen) atoms. The van der Waals surface area contributed by atoms with E-state index in [9.17, 15) is 8.42 Å². The molecule has 0 aromatic heterocycles. The van der Waals surface area contributed by atoms with E-state index in [0.29, 0.717) is 24.7 Å². The molecule has 1 fully saturated rings. The van der Waals surface area contributed by atoms with Gasteiger partial charge in [-0.2, -0.15) is 4.31 Å². The molecule has 1 atom stereocenters. The van der Waals surface area contributed by atoms with Crippen molar-refractivity contribution in [2.45, 2.75) is 37.2 Å². The lowest BCUT2D eigenvalue weighted by molar-refractivity contribution is 0.181. The summed E-state index contributed by atoms with van der Waals surface area (Å²) >= 11 is 0. The zero-order chi connectivity index (χ0) is 15.5. The minimum atomic E-state index is -3.46. The van der Waals surface area contributed by atoms with Crippen LogP contribution in [0.5, 0.6) is 0 Å². The van der Waals surface area contributed by atoms with E-state index in [1.165, 1.54) is 9.87 Å². The predicted molar refractivity (Wildman–Crippen MR) is 82.8 cm³/mol. The molecule has 2 rings (SSSR count). The Labute approximate surface area is 127 Å². The van der Waals surface area contributed by atoms with Crippen LogP contribution in [0.1, 0.15) is 24.5 Å². The molecule has 0 bridgehead atoms. The third kappa shape index (κ3) is 3.45. The summed E-state index contributed by atoms with van der Waals surface area (Å²) < 4.78 is 32.2. The molecule has 1 unspecified atom stereocenters. The molecule has 0 saturated carbocycles. The quantitative estimate of drug-likeness (QED) is 0.862. The highest BCUT2D eigenvalue weighted by Gasteiger charge is 2.30. The molecule has 1 aliphatic heterocycles. The molecule has 5 nitrogen and oxygen atoms in total. The van der Waals surface area contributed by atoms with E-state index in [4.69, 9.17) is 4.74 Å². The third-order valence-electron chi connectivity index (χ3n) is 4.02. The Hall–Kier alpha value is -0.950. The topological polar surface area (TPSA) is 58.6 Å². The van der Waals surface area contributed by atoms with Crippen LogP contribution in [0.15, 0.2) is 23.1 Å². The van der Waals surface area contributed by atoms with Gasteiger partial charge in [-0.25, -0.2) is 8.42 Å². The van der Waals surface area contributed by atoms with Crippen LogP contribution in [0, 0.1) is 0 Å². The second kappa shape index (κ2) is 6.87. The molecule has 1 aromatic carbocycles. The zero-order valence-corrected chi connectivity index (χ0v) is 13.7. The Kier molecular flexibility index (Phi) is 5.37. The number of benzene rings is 1. The van der Waals surface area contributed by atoms with Gasteiger partial charge in [-0.1, -0.05) is 13.0 Å². The fourth-order valence-corrected chi connectivity index (χ4v) is 4.06. The summed E-state index contributed by atoms with van der Waals surface area (Å²) in [4.78, 5) is 0.361. The molecule has 0 spiro atoms. The number of likely N-dealkylation sites (N-methyl/N-ethyl adjacent to an activating group) is 1. The summed E-state index contributed by atoms with van der Waals surface area (Å²) in [5.74, 6) is 0. The van der Waals surface area contributed by atoms with Gasteiger partial charge in [0.2, 0.25) is 10.0 Å². The molecule has 1 N–H and O–H groups in total. The highest BCUT2D eigenvalue weighted by atomic mass is 32.2. The summed E-state index contributed by atoms with van der Waals surface area (Å²) in [5, 5.41) is 3.09. The van der Waals surface area contributed by atoms with Crippen molar-refractivity contribution in [1.82, 2.24) is 9.62 Å². The van der Waals surface area contributed by atoms with Crippen LogP contribution in [0.3, 0.4) is 0 Å². The van der Waals surface area contributed by atoms with E-state index in [1.807, 2.05) is 13.1 Å². The Bertz CT molecular complexity index is 581. The summed E-state index contributed by atoms with van der Waals surface area (Å²) in [5.41, 5.74) is 2.22. The largest absolute Gasteiger partial charge is 0.380 e. The standard InChI is InChI=1S/C15H24N2O3S/c1-4-12-5-6-15(9-13(12)10-16-2)21(18,19)17(3)14-7-8-20-11-14/h5-6,9,14,16H,4,7-8,10-11H2,1-3H3. The summed E-state index contributed by atoms with van der Waals surface area (Å²) in [6.07, 6.45) is 1.65. The Morgan fingerprint density at radius 2 is 2.14 bits per heavy atom. The normalized spacial score (nSPS) is 19.3. The number of nitrogens with zero attached hydrogens (tertiary/aromatic N) is 1. The average Bonchev–Trinajstić information content (AvgIpc) is 3.00. The van der Waals surface area contributed by atoms with Gasteiger partial charge in [0.25, 0.3) is 0 Å². The van der Waals surface area contributed by atoms with Gasteiger partial charge in [0.15, 0.2) is 0 Å². The highest BCUT2D eigenvalue weighted by Crippen LogP contribution is 2.23. The van der Waals surface area contributed by atoms with Crippen LogP contribution in [0.4, 0.5) is 0 Å². The number of rotatable bonds is 6. The van der Waals surface area contributed by atoms with Crippen LogP contribution in [0.25, 0.3) is 0 Å². The number of ether oxygens (including phenoxy) is 1. The lowest BCUT2D eigenvalue weighted by Gasteiger charge is -2.23. The maximum atomic E-state index is 12.7. The monoisotopic (exact) mass is 312 g/mol. The zero-order valence-electron chi connectivity index (χ0n) is 12.9. The van der Waals surface area contributed by atoms with E-state index < -0.39 is 10.0 Å². The molecule has 1 saturated heterocycles. The molecule has 1 aromatic rings. The predicted octanol–water partition coefficient (Wildman–Crippen LogP) is 1.38. The van der Waals surface area contributed by atoms with Gasteiger partial charge in [0.1, 0.15) is 0 Å². The highest BCUT2D eigenvalue weighted by molar-refractivity contribution is 7.89. The van der Waals surface area contributed by atoms with Crippen molar-refractivity contribution >= 4 is 10.0 Å². The van der Waals surface area contributed by atoms with Gasteiger partial charge in [-0.05, 0) is 43.1 Å². The minimum absolute atomic E-state index is 0.0615. The van der Waals surface area contributed by atoms with Gasteiger partial charge in [-0.3, -0.25) is 0 Å². The van der Waals surface area contributed by atoms with Crippen LogP contribution < -0.4 is 5.32 Å². The van der Waals surface area contributed by atoms with Gasteiger partial charge in [0, 0.05) is 20.2 Å². The minimum Gasteiger partial charge on any atom is -0.380 e. The SMILES string of the molecule is CCc1ccc(S(=O)(=O)N(C)C2CCOC2)cc1CNC. The molecule has 118 valence electrons. The van der Waals surface area contributed by atoms with Gasteiger partial charge < -0.3 is 10.1 Å². The molecule has 1 aliphatic rings. The molecule has 0 aliphatic carbocycles. The number of sulfonamides is 1. The fourth-order valence-electron chi connectivity index (χ4n) is 2.63. The first-order valence-electron chi connectivity index (χ1n) is 7.33. The lowest BCUT2D eigenvalue weighted by Crippen LogP contribution is -2.37. The summed E-state index contributed by atoms with van der Waals surface area (Å²) in [6, 6.07) is 5.35. The maximum absolute atomic E-state index is 12.7. The van der Waals surface area contributed by atoms with E-state index in [1.54, 1.807) is 19.2 Å². The van der Waals surface area contributed by atoms with Crippen molar-refractivity contribution in [2.24, 2.45) is 0 Å². The van der Waals surface area contributed by atoms with Crippen LogP contribution >= 0.6 is 0 Å². The molecular weight excluding hydrogens is 288 g/mol. The molecule has 6 heteroatoms. The average molecular weight is 312 g/mol. The van der Waals surface area contributed by atoms with Gasteiger partial charge in [0.05, 0.1) is 17.5 Å². The first-order valence-corrected chi connectivity index (χ1v) is 8.77. The van der Waals surface area contributed by atoms with Crippen molar-refractivity contribution in [1.29, 1.82) is 0 Å².